The molecule has 170 valence electrons. The van der Waals surface area contributed by atoms with Crippen molar-refractivity contribution in [2.45, 2.75) is 31.1 Å². The second-order valence-electron chi connectivity index (χ2n) is 9.63. The van der Waals surface area contributed by atoms with Crippen LogP contribution in [0, 0.1) is 0 Å². The molecule has 0 aliphatic heterocycles. The number of benzene rings is 5. The molecular weight excluding hydrogens is 420 g/mol. The average molecular weight is 451 g/mol. The summed E-state index contributed by atoms with van der Waals surface area (Å²) >= 11 is 0. The number of aryl methyl sites for hydroxylation is 1. The summed E-state index contributed by atoms with van der Waals surface area (Å²) < 4.78 is 0. The molecule has 5 aromatic rings. The lowest BCUT2D eigenvalue weighted by Crippen LogP contribution is -2.29. The minimum absolute atomic E-state index is 0.176. The fraction of sp³-hybridized carbons (Fsp3) is 0.143. The Labute approximate surface area is 208 Å². The summed E-state index contributed by atoms with van der Waals surface area (Å²) in [5.74, 6) is 0. The van der Waals surface area contributed by atoms with E-state index >= 15 is 0 Å². The standard InChI is InChI=1S/C35H30/c1-4-17-29(18-5-1)35(30-19-6-2-7-20-30,31-21-8-3-9-22-31)25-13-16-27-15-12-24-33-32-23-11-10-14-28(32)26-34(27)33/h1-12,14-15,17-24H,13,16,25-26H2. The molecule has 0 bridgehead atoms. The Bertz CT molecular complexity index is 1320. The zero-order valence-corrected chi connectivity index (χ0v) is 20.0. The quantitative estimate of drug-likeness (QED) is 0.214. The van der Waals surface area contributed by atoms with Crippen LogP contribution in [0.1, 0.15) is 46.2 Å². The van der Waals surface area contributed by atoms with Gasteiger partial charge in [-0.2, -0.15) is 0 Å². The predicted molar refractivity (Wildman–Crippen MR) is 147 cm³/mol. The molecule has 0 aromatic heterocycles. The van der Waals surface area contributed by atoms with Crippen molar-refractivity contribution in [2.75, 3.05) is 0 Å². The van der Waals surface area contributed by atoms with Crippen molar-refractivity contribution in [1.82, 2.24) is 0 Å². The fourth-order valence-corrected chi connectivity index (χ4v) is 6.10. The molecule has 0 fully saturated rings. The lowest BCUT2D eigenvalue weighted by atomic mass is 9.66. The molecular formula is C35H30. The van der Waals surface area contributed by atoms with Gasteiger partial charge in [0.05, 0.1) is 0 Å². The zero-order valence-electron chi connectivity index (χ0n) is 20.0. The second-order valence-corrected chi connectivity index (χ2v) is 9.63. The third-order valence-corrected chi connectivity index (χ3v) is 7.75. The molecule has 0 saturated carbocycles. The van der Waals surface area contributed by atoms with Gasteiger partial charge < -0.3 is 0 Å². The summed E-state index contributed by atoms with van der Waals surface area (Å²) in [5, 5.41) is 0. The van der Waals surface area contributed by atoms with E-state index in [0.29, 0.717) is 0 Å². The van der Waals surface area contributed by atoms with Crippen molar-refractivity contribution in [3.05, 3.63) is 167 Å². The summed E-state index contributed by atoms with van der Waals surface area (Å²) in [6.45, 7) is 0. The average Bonchev–Trinajstić information content (AvgIpc) is 3.32. The Morgan fingerprint density at radius 3 is 1.60 bits per heavy atom. The Hall–Kier alpha value is -3.90. The van der Waals surface area contributed by atoms with Crippen LogP contribution in [0.4, 0.5) is 0 Å². The summed E-state index contributed by atoms with van der Waals surface area (Å²) in [5.41, 5.74) is 11.2. The Balaban J connectivity index is 1.37. The first-order valence-corrected chi connectivity index (χ1v) is 12.7. The molecule has 0 amide bonds. The van der Waals surface area contributed by atoms with Crippen LogP contribution >= 0.6 is 0 Å². The lowest BCUT2D eigenvalue weighted by molar-refractivity contribution is 0.532. The van der Waals surface area contributed by atoms with E-state index in [-0.39, 0.29) is 5.41 Å². The highest BCUT2D eigenvalue weighted by molar-refractivity contribution is 5.77. The minimum Gasteiger partial charge on any atom is -0.0622 e. The van der Waals surface area contributed by atoms with Gasteiger partial charge in [-0.3, -0.25) is 0 Å². The van der Waals surface area contributed by atoms with Gasteiger partial charge in [-0.25, -0.2) is 0 Å². The van der Waals surface area contributed by atoms with Crippen molar-refractivity contribution in [2.24, 2.45) is 0 Å². The number of fused-ring (bicyclic) bond motifs is 3. The van der Waals surface area contributed by atoms with Gasteiger partial charge in [-0.15, -0.1) is 0 Å². The third-order valence-electron chi connectivity index (χ3n) is 7.75. The van der Waals surface area contributed by atoms with E-state index < -0.39 is 0 Å². The van der Waals surface area contributed by atoms with Gasteiger partial charge in [0, 0.05) is 5.41 Å². The molecule has 0 atom stereocenters. The Morgan fingerprint density at radius 2 is 1.00 bits per heavy atom. The smallest absolute Gasteiger partial charge is 0.0451 e. The molecule has 0 N–H and O–H groups in total. The van der Waals surface area contributed by atoms with Crippen LogP contribution < -0.4 is 0 Å². The first kappa shape index (κ1) is 21.6. The van der Waals surface area contributed by atoms with Gasteiger partial charge >= 0.3 is 0 Å². The molecule has 0 unspecified atom stereocenters. The van der Waals surface area contributed by atoms with Gasteiger partial charge in [-0.1, -0.05) is 133 Å². The van der Waals surface area contributed by atoms with Crippen molar-refractivity contribution < 1.29 is 0 Å². The molecule has 0 heteroatoms. The van der Waals surface area contributed by atoms with E-state index in [2.05, 4.69) is 133 Å². The number of hydrogen-bond acceptors (Lipinski definition) is 0. The lowest BCUT2D eigenvalue weighted by Gasteiger charge is -2.36. The summed E-state index contributed by atoms with van der Waals surface area (Å²) in [6, 6.07) is 49.0. The van der Waals surface area contributed by atoms with Crippen LogP contribution in [0.25, 0.3) is 11.1 Å². The summed E-state index contributed by atoms with van der Waals surface area (Å²) in [4.78, 5) is 0. The van der Waals surface area contributed by atoms with Crippen LogP contribution in [0.2, 0.25) is 0 Å². The molecule has 1 aliphatic rings. The highest BCUT2D eigenvalue weighted by atomic mass is 14.4. The van der Waals surface area contributed by atoms with E-state index in [0.717, 1.165) is 25.7 Å². The van der Waals surface area contributed by atoms with E-state index in [1.807, 2.05) is 0 Å². The first-order valence-electron chi connectivity index (χ1n) is 12.7. The molecule has 0 heterocycles. The minimum atomic E-state index is -0.176. The van der Waals surface area contributed by atoms with Crippen LogP contribution in [-0.4, -0.2) is 0 Å². The SMILES string of the molecule is c1ccc(C(CCCc2cccc3c2Cc2ccccc2-3)(c2ccccc2)c2ccccc2)cc1. The maximum atomic E-state index is 2.35. The van der Waals surface area contributed by atoms with E-state index in [9.17, 15) is 0 Å². The van der Waals surface area contributed by atoms with Crippen LogP contribution in [0.5, 0.6) is 0 Å². The monoisotopic (exact) mass is 450 g/mol. The molecule has 1 aliphatic carbocycles. The van der Waals surface area contributed by atoms with Crippen molar-refractivity contribution >= 4 is 0 Å². The zero-order chi connectivity index (χ0) is 23.5. The highest BCUT2D eigenvalue weighted by Crippen LogP contribution is 2.44. The van der Waals surface area contributed by atoms with Crippen molar-refractivity contribution in [1.29, 1.82) is 0 Å². The topological polar surface area (TPSA) is 0 Å². The van der Waals surface area contributed by atoms with Gasteiger partial charge in [0.25, 0.3) is 0 Å². The van der Waals surface area contributed by atoms with E-state index in [4.69, 9.17) is 0 Å². The fourth-order valence-electron chi connectivity index (χ4n) is 6.10. The van der Waals surface area contributed by atoms with Gasteiger partial charge in [-0.05, 0) is 70.2 Å². The molecule has 0 nitrogen and oxygen atoms in total. The molecule has 0 radical (unpaired) electrons. The maximum Gasteiger partial charge on any atom is 0.0451 e. The van der Waals surface area contributed by atoms with Gasteiger partial charge in [0.2, 0.25) is 0 Å². The van der Waals surface area contributed by atoms with Crippen LogP contribution in [0.15, 0.2) is 133 Å². The van der Waals surface area contributed by atoms with E-state index in [1.165, 1.54) is 44.5 Å². The number of rotatable bonds is 7. The number of hydrogen-bond donors (Lipinski definition) is 0. The predicted octanol–water partition coefficient (Wildman–Crippen LogP) is 8.62. The molecule has 5 aromatic carbocycles. The van der Waals surface area contributed by atoms with Crippen molar-refractivity contribution in [3.8, 4) is 11.1 Å². The normalized spacial score (nSPS) is 12.2. The van der Waals surface area contributed by atoms with Gasteiger partial charge in [0.15, 0.2) is 0 Å². The van der Waals surface area contributed by atoms with Crippen LogP contribution in [0.3, 0.4) is 0 Å². The Kier molecular flexibility index (Phi) is 5.80. The van der Waals surface area contributed by atoms with Gasteiger partial charge in [0.1, 0.15) is 0 Å². The second kappa shape index (κ2) is 9.39. The molecule has 0 spiro atoms. The summed E-state index contributed by atoms with van der Waals surface area (Å²) in [6.07, 6.45) is 4.32. The molecule has 6 rings (SSSR count). The van der Waals surface area contributed by atoms with Crippen molar-refractivity contribution in [3.63, 3.8) is 0 Å². The maximum absolute atomic E-state index is 2.35. The molecule has 35 heavy (non-hydrogen) atoms. The highest BCUT2D eigenvalue weighted by Gasteiger charge is 2.35. The third kappa shape index (κ3) is 3.90. The molecule has 0 saturated heterocycles. The summed E-state index contributed by atoms with van der Waals surface area (Å²) in [7, 11) is 0. The van der Waals surface area contributed by atoms with E-state index in [1.54, 1.807) is 0 Å². The largest absolute Gasteiger partial charge is 0.0622 e. The Morgan fingerprint density at radius 1 is 0.486 bits per heavy atom. The first-order chi connectivity index (χ1) is 17.4. The van der Waals surface area contributed by atoms with Crippen LogP contribution in [-0.2, 0) is 18.3 Å².